The van der Waals surface area contributed by atoms with Gasteiger partial charge in [-0.2, -0.15) is 0 Å². The predicted molar refractivity (Wildman–Crippen MR) is 53.5 cm³/mol. The molecule has 0 aliphatic carbocycles. The number of thiophene rings is 1. The Hall–Kier alpha value is -1.55. The van der Waals surface area contributed by atoms with Gasteiger partial charge in [0.2, 0.25) is 0 Å². The van der Waals surface area contributed by atoms with E-state index in [1.807, 2.05) is 23.6 Å². The van der Waals surface area contributed by atoms with Gasteiger partial charge in [0.25, 0.3) is 0 Å². The molecule has 0 aliphatic heterocycles. The van der Waals surface area contributed by atoms with Crippen molar-refractivity contribution in [3.05, 3.63) is 29.6 Å². The van der Waals surface area contributed by atoms with E-state index in [1.165, 1.54) is 0 Å². The van der Waals surface area contributed by atoms with Crippen LogP contribution in [0.15, 0.2) is 29.6 Å². The number of amides is 1. The van der Waals surface area contributed by atoms with Crippen molar-refractivity contribution < 1.29 is 9.90 Å². The van der Waals surface area contributed by atoms with Gasteiger partial charge in [-0.15, -0.1) is 11.3 Å². The molecule has 0 bridgehead atoms. The van der Waals surface area contributed by atoms with Crippen LogP contribution in [0, 0.1) is 0 Å². The highest BCUT2D eigenvalue weighted by molar-refractivity contribution is 7.17. The molecule has 1 amide bonds. The topological polar surface area (TPSA) is 49.3 Å². The number of anilines is 1. The fourth-order valence-electron chi connectivity index (χ4n) is 1.17. The fourth-order valence-corrected chi connectivity index (χ4v) is 1.94. The van der Waals surface area contributed by atoms with Gasteiger partial charge in [-0.3, -0.25) is 5.32 Å². The van der Waals surface area contributed by atoms with Crippen LogP contribution in [0.4, 0.5) is 10.5 Å². The van der Waals surface area contributed by atoms with Gasteiger partial charge in [-0.25, -0.2) is 4.79 Å². The van der Waals surface area contributed by atoms with Crippen LogP contribution < -0.4 is 5.32 Å². The minimum absolute atomic E-state index is 0.610. The summed E-state index contributed by atoms with van der Waals surface area (Å²) < 4.78 is 1.16. The minimum Gasteiger partial charge on any atom is -0.465 e. The zero-order valence-corrected chi connectivity index (χ0v) is 7.47. The lowest BCUT2D eigenvalue weighted by molar-refractivity contribution is 0.210. The maximum Gasteiger partial charge on any atom is 0.409 e. The number of rotatable bonds is 1. The van der Waals surface area contributed by atoms with Crippen molar-refractivity contribution in [3.8, 4) is 0 Å². The quantitative estimate of drug-likeness (QED) is 0.731. The van der Waals surface area contributed by atoms with E-state index >= 15 is 0 Å². The number of carboxylic acid groups (broad SMARTS) is 1. The summed E-state index contributed by atoms with van der Waals surface area (Å²) in [6.07, 6.45) is -1.03. The summed E-state index contributed by atoms with van der Waals surface area (Å²) in [6, 6.07) is 7.45. The second-order valence-corrected chi connectivity index (χ2v) is 3.55. The van der Waals surface area contributed by atoms with Crippen LogP contribution in [0.2, 0.25) is 0 Å². The molecule has 0 aliphatic rings. The van der Waals surface area contributed by atoms with Gasteiger partial charge < -0.3 is 5.11 Å². The smallest absolute Gasteiger partial charge is 0.409 e. The van der Waals surface area contributed by atoms with Crippen LogP contribution in [-0.4, -0.2) is 11.2 Å². The van der Waals surface area contributed by atoms with Gasteiger partial charge in [0.15, 0.2) is 0 Å². The minimum atomic E-state index is -1.03. The lowest BCUT2D eigenvalue weighted by atomic mass is 10.2. The summed E-state index contributed by atoms with van der Waals surface area (Å²) in [5.41, 5.74) is 0.610. The second kappa shape index (κ2) is 3.06. The number of hydrogen-bond acceptors (Lipinski definition) is 2. The summed E-state index contributed by atoms with van der Waals surface area (Å²) in [5, 5.41) is 13.8. The first-order valence-electron chi connectivity index (χ1n) is 3.73. The van der Waals surface area contributed by atoms with Crippen molar-refractivity contribution >= 4 is 33.2 Å². The Morgan fingerprint density at radius 3 is 3.00 bits per heavy atom. The maximum absolute atomic E-state index is 10.3. The highest BCUT2D eigenvalue weighted by Gasteiger charge is 1.99. The average Bonchev–Trinajstić information content (AvgIpc) is 2.49. The third kappa shape index (κ3) is 1.62. The first-order valence-corrected chi connectivity index (χ1v) is 4.61. The van der Waals surface area contributed by atoms with Gasteiger partial charge in [-0.05, 0) is 35.0 Å². The Balaban J connectivity index is 2.42. The first-order chi connectivity index (χ1) is 6.25. The monoisotopic (exact) mass is 193 g/mol. The van der Waals surface area contributed by atoms with E-state index in [0.717, 1.165) is 10.1 Å². The molecule has 0 unspecified atom stereocenters. The number of carbonyl (C=O) groups is 1. The molecule has 1 heterocycles. The molecule has 2 aromatic rings. The molecule has 3 nitrogen and oxygen atoms in total. The standard InChI is InChI=1S/C9H7NO2S/c11-9(12)10-7-1-2-8-6(5-7)3-4-13-8/h1-5,10H,(H,11,12). The SMILES string of the molecule is O=C(O)Nc1ccc2sccc2c1. The van der Waals surface area contributed by atoms with E-state index in [2.05, 4.69) is 5.32 Å². The van der Waals surface area contributed by atoms with Gasteiger partial charge >= 0.3 is 6.09 Å². The molecule has 2 N–H and O–H groups in total. The van der Waals surface area contributed by atoms with Gasteiger partial charge in [0.05, 0.1) is 0 Å². The molecule has 0 spiro atoms. The van der Waals surface area contributed by atoms with Crippen molar-refractivity contribution in [1.29, 1.82) is 0 Å². The Morgan fingerprint density at radius 1 is 1.38 bits per heavy atom. The second-order valence-electron chi connectivity index (χ2n) is 2.60. The molecular formula is C9H7NO2S. The molecule has 0 saturated carbocycles. The first kappa shape index (κ1) is 8.07. The van der Waals surface area contributed by atoms with Crippen molar-refractivity contribution in [2.24, 2.45) is 0 Å². The molecule has 0 saturated heterocycles. The van der Waals surface area contributed by atoms with E-state index in [0.29, 0.717) is 5.69 Å². The molecule has 66 valence electrons. The molecule has 13 heavy (non-hydrogen) atoms. The van der Waals surface area contributed by atoms with Crippen LogP contribution in [0.25, 0.3) is 10.1 Å². The zero-order valence-electron chi connectivity index (χ0n) is 6.65. The van der Waals surface area contributed by atoms with Crippen molar-refractivity contribution in [2.75, 3.05) is 5.32 Å². The molecule has 0 atom stereocenters. The lowest BCUT2D eigenvalue weighted by Gasteiger charge is -1.99. The number of fused-ring (bicyclic) bond motifs is 1. The van der Waals surface area contributed by atoms with E-state index in [1.54, 1.807) is 17.4 Å². The average molecular weight is 193 g/mol. The Kier molecular flexibility index (Phi) is 1.90. The Bertz CT molecular complexity index is 450. The molecule has 0 radical (unpaired) electrons. The van der Waals surface area contributed by atoms with Crippen LogP contribution in [0.3, 0.4) is 0 Å². The number of nitrogens with one attached hydrogen (secondary N) is 1. The molecule has 1 aromatic carbocycles. The van der Waals surface area contributed by atoms with E-state index in [4.69, 9.17) is 5.11 Å². The van der Waals surface area contributed by atoms with Crippen LogP contribution >= 0.6 is 11.3 Å². The fraction of sp³-hybridized carbons (Fsp3) is 0. The van der Waals surface area contributed by atoms with Crippen molar-refractivity contribution in [1.82, 2.24) is 0 Å². The summed E-state index contributed by atoms with van der Waals surface area (Å²) in [4.78, 5) is 10.3. The highest BCUT2D eigenvalue weighted by Crippen LogP contribution is 2.23. The Morgan fingerprint density at radius 2 is 2.23 bits per heavy atom. The van der Waals surface area contributed by atoms with Gasteiger partial charge in [0.1, 0.15) is 0 Å². The normalized spacial score (nSPS) is 10.2. The molecule has 0 fully saturated rings. The van der Waals surface area contributed by atoms with E-state index in [9.17, 15) is 4.79 Å². The van der Waals surface area contributed by atoms with Gasteiger partial charge in [0, 0.05) is 10.4 Å². The summed E-state index contributed by atoms with van der Waals surface area (Å²) in [6.45, 7) is 0. The zero-order chi connectivity index (χ0) is 9.26. The third-order valence-electron chi connectivity index (χ3n) is 1.70. The summed E-state index contributed by atoms with van der Waals surface area (Å²) in [7, 11) is 0. The van der Waals surface area contributed by atoms with Crippen LogP contribution in [0.1, 0.15) is 0 Å². The van der Waals surface area contributed by atoms with E-state index < -0.39 is 6.09 Å². The van der Waals surface area contributed by atoms with E-state index in [-0.39, 0.29) is 0 Å². The van der Waals surface area contributed by atoms with Gasteiger partial charge in [-0.1, -0.05) is 0 Å². The maximum atomic E-state index is 10.3. The molecule has 4 heteroatoms. The predicted octanol–water partition coefficient (Wildman–Crippen LogP) is 2.99. The summed E-state index contributed by atoms with van der Waals surface area (Å²) in [5.74, 6) is 0. The molecular weight excluding hydrogens is 186 g/mol. The van der Waals surface area contributed by atoms with Crippen LogP contribution in [-0.2, 0) is 0 Å². The number of hydrogen-bond donors (Lipinski definition) is 2. The molecule has 2 rings (SSSR count). The van der Waals surface area contributed by atoms with Crippen molar-refractivity contribution in [3.63, 3.8) is 0 Å². The van der Waals surface area contributed by atoms with Crippen molar-refractivity contribution in [2.45, 2.75) is 0 Å². The highest BCUT2D eigenvalue weighted by atomic mass is 32.1. The van der Waals surface area contributed by atoms with Crippen LogP contribution in [0.5, 0.6) is 0 Å². The largest absolute Gasteiger partial charge is 0.465 e. The molecule has 1 aromatic heterocycles. The lowest BCUT2D eigenvalue weighted by Crippen LogP contribution is -2.06. The summed E-state index contributed by atoms with van der Waals surface area (Å²) >= 11 is 1.64. The number of benzene rings is 1. The third-order valence-corrected chi connectivity index (χ3v) is 2.60. The Labute approximate surface area is 78.6 Å².